The highest BCUT2D eigenvalue weighted by Crippen LogP contribution is 2.17. The van der Waals surface area contributed by atoms with Gasteiger partial charge in [0.25, 0.3) is 0 Å². The summed E-state index contributed by atoms with van der Waals surface area (Å²) >= 11 is 0. The normalized spacial score (nSPS) is 16.4. The van der Waals surface area contributed by atoms with Crippen LogP contribution in [0.5, 0.6) is 0 Å². The summed E-state index contributed by atoms with van der Waals surface area (Å²) in [6.07, 6.45) is 7.82. The molecule has 2 heterocycles. The second kappa shape index (κ2) is 5.89. The Bertz CT molecular complexity index is 504. The Labute approximate surface area is 113 Å². The lowest BCUT2D eigenvalue weighted by molar-refractivity contribution is 0.0904. The van der Waals surface area contributed by atoms with Gasteiger partial charge in [-0.3, -0.25) is 0 Å². The van der Waals surface area contributed by atoms with Gasteiger partial charge < -0.3 is 14.6 Å². The van der Waals surface area contributed by atoms with Crippen LogP contribution >= 0.6 is 0 Å². The average Bonchev–Trinajstić information content (AvgIpc) is 2.93. The van der Waals surface area contributed by atoms with E-state index in [1.54, 1.807) is 0 Å². The van der Waals surface area contributed by atoms with Gasteiger partial charge in [-0.1, -0.05) is 12.1 Å². The van der Waals surface area contributed by atoms with Gasteiger partial charge >= 0.3 is 0 Å². The highest BCUT2D eigenvalue weighted by Gasteiger charge is 2.13. The minimum atomic E-state index is 0.539. The largest absolute Gasteiger partial charge is 0.382 e. The van der Waals surface area contributed by atoms with E-state index in [1.807, 2.05) is 18.7 Å². The summed E-state index contributed by atoms with van der Waals surface area (Å²) in [5.41, 5.74) is 2.49. The number of benzene rings is 1. The summed E-state index contributed by atoms with van der Waals surface area (Å²) < 4.78 is 7.46. The maximum Gasteiger partial charge on any atom is 0.0949 e. The summed E-state index contributed by atoms with van der Waals surface area (Å²) in [6.45, 7) is 2.60. The molecule has 4 heteroatoms. The van der Waals surface area contributed by atoms with Crippen molar-refractivity contribution < 1.29 is 4.74 Å². The molecule has 1 aromatic carbocycles. The lowest BCUT2D eigenvalue weighted by Crippen LogP contribution is -2.27. The quantitative estimate of drug-likeness (QED) is 0.914. The van der Waals surface area contributed by atoms with Crippen molar-refractivity contribution in [3.05, 3.63) is 48.5 Å². The number of nitrogens with one attached hydrogen (secondary N) is 1. The van der Waals surface area contributed by atoms with E-state index in [-0.39, 0.29) is 0 Å². The molecule has 0 saturated carbocycles. The van der Waals surface area contributed by atoms with E-state index in [4.69, 9.17) is 4.74 Å². The van der Waals surface area contributed by atoms with Gasteiger partial charge in [0.1, 0.15) is 0 Å². The van der Waals surface area contributed by atoms with Crippen LogP contribution in [0.2, 0.25) is 0 Å². The lowest BCUT2D eigenvalue weighted by atomic mass is 10.1. The smallest absolute Gasteiger partial charge is 0.0949 e. The molecular formula is C15H19N3O. The van der Waals surface area contributed by atoms with Crippen LogP contribution in [0.15, 0.2) is 43.0 Å². The predicted molar refractivity (Wildman–Crippen MR) is 75.2 cm³/mol. The fourth-order valence-electron chi connectivity index (χ4n) is 2.43. The molecule has 0 amide bonds. The van der Waals surface area contributed by atoms with E-state index in [9.17, 15) is 0 Å². The molecule has 0 spiro atoms. The van der Waals surface area contributed by atoms with E-state index >= 15 is 0 Å². The van der Waals surface area contributed by atoms with E-state index in [0.29, 0.717) is 6.04 Å². The molecule has 0 aliphatic carbocycles. The summed E-state index contributed by atoms with van der Waals surface area (Å²) in [6, 6.07) is 9.14. The molecule has 0 bridgehead atoms. The van der Waals surface area contributed by atoms with E-state index in [1.165, 1.54) is 11.3 Å². The number of rotatable bonds is 4. The van der Waals surface area contributed by atoms with Gasteiger partial charge in [-0.15, -0.1) is 0 Å². The number of hydrogen-bond acceptors (Lipinski definition) is 3. The predicted octanol–water partition coefficient (Wildman–Crippen LogP) is 2.52. The van der Waals surface area contributed by atoms with Crippen molar-refractivity contribution in [2.75, 3.05) is 18.5 Å². The molecule has 4 nitrogen and oxygen atoms in total. The monoisotopic (exact) mass is 257 g/mol. The Morgan fingerprint density at radius 3 is 3.00 bits per heavy atom. The highest BCUT2D eigenvalue weighted by molar-refractivity contribution is 5.46. The van der Waals surface area contributed by atoms with Crippen LogP contribution in [-0.2, 0) is 11.3 Å². The second-order valence-corrected chi connectivity index (χ2v) is 4.97. The van der Waals surface area contributed by atoms with E-state index in [2.05, 4.69) is 39.1 Å². The third-order valence-electron chi connectivity index (χ3n) is 3.44. The molecule has 1 aliphatic rings. The van der Waals surface area contributed by atoms with Crippen LogP contribution in [0.4, 0.5) is 5.69 Å². The zero-order valence-corrected chi connectivity index (χ0v) is 11.0. The number of hydrogen-bond donors (Lipinski definition) is 1. The third-order valence-corrected chi connectivity index (χ3v) is 3.44. The zero-order valence-electron chi connectivity index (χ0n) is 11.0. The molecule has 0 unspecified atom stereocenters. The van der Waals surface area contributed by atoms with Crippen molar-refractivity contribution in [1.82, 2.24) is 9.55 Å². The Kier molecular flexibility index (Phi) is 3.79. The molecule has 0 atom stereocenters. The molecule has 3 rings (SSSR count). The van der Waals surface area contributed by atoms with Gasteiger partial charge in [-0.25, -0.2) is 4.98 Å². The van der Waals surface area contributed by atoms with Crippen LogP contribution in [-0.4, -0.2) is 28.8 Å². The Balaban J connectivity index is 1.65. The molecule has 19 heavy (non-hydrogen) atoms. The number of aromatic nitrogens is 2. The Morgan fingerprint density at radius 2 is 2.21 bits per heavy atom. The van der Waals surface area contributed by atoms with Crippen LogP contribution in [0.3, 0.4) is 0 Å². The first kappa shape index (κ1) is 12.2. The molecule has 100 valence electrons. The van der Waals surface area contributed by atoms with Gasteiger partial charge in [0.2, 0.25) is 0 Å². The minimum absolute atomic E-state index is 0.539. The Morgan fingerprint density at radius 1 is 1.32 bits per heavy atom. The maximum atomic E-state index is 5.38. The Hall–Kier alpha value is -1.81. The van der Waals surface area contributed by atoms with Crippen molar-refractivity contribution in [3.63, 3.8) is 0 Å². The standard InChI is InChI=1S/C15H19N3O/c1-2-13(11-18-7-6-16-12-18)10-15(3-1)17-14-4-8-19-9-5-14/h1-3,6-7,10,12,14,17H,4-5,8-9,11H2. The van der Waals surface area contributed by atoms with Crippen LogP contribution in [0, 0.1) is 0 Å². The molecule has 1 N–H and O–H groups in total. The van der Waals surface area contributed by atoms with Gasteiger partial charge in [-0.05, 0) is 30.5 Å². The van der Waals surface area contributed by atoms with Crippen LogP contribution < -0.4 is 5.32 Å². The number of anilines is 1. The van der Waals surface area contributed by atoms with Crippen molar-refractivity contribution in [3.8, 4) is 0 Å². The van der Waals surface area contributed by atoms with Crippen molar-refractivity contribution in [2.45, 2.75) is 25.4 Å². The summed E-state index contributed by atoms with van der Waals surface area (Å²) in [5.74, 6) is 0. The fourth-order valence-corrected chi connectivity index (χ4v) is 2.43. The molecule has 1 saturated heterocycles. The average molecular weight is 257 g/mol. The molecule has 0 radical (unpaired) electrons. The topological polar surface area (TPSA) is 39.1 Å². The van der Waals surface area contributed by atoms with Crippen molar-refractivity contribution >= 4 is 5.69 Å². The number of nitrogens with zero attached hydrogens (tertiary/aromatic N) is 2. The SMILES string of the molecule is c1cc(Cn2ccnc2)cc(NC2CCOCC2)c1. The first-order chi connectivity index (χ1) is 9.40. The first-order valence-corrected chi connectivity index (χ1v) is 6.79. The molecule has 2 aromatic rings. The summed E-state index contributed by atoms with van der Waals surface area (Å²) in [5, 5.41) is 3.60. The summed E-state index contributed by atoms with van der Waals surface area (Å²) in [4.78, 5) is 4.07. The second-order valence-electron chi connectivity index (χ2n) is 4.97. The van der Waals surface area contributed by atoms with Crippen molar-refractivity contribution in [2.24, 2.45) is 0 Å². The molecule has 1 fully saturated rings. The lowest BCUT2D eigenvalue weighted by Gasteiger charge is -2.24. The number of ether oxygens (including phenoxy) is 1. The van der Waals surface area contributed by atoms with Crippen LogP contribution in [0.1, 0.15) is 18.4 Å². The maximum absolute atomic E-state index is 5.38. The van der Waals surface area contributed by atoms with E-state index < -0.39 is 0 Å². The highest BCUT2D eigenvalue weighted by atomic mass is 16.5. The molecule has 1 aromatic heterocycles. The van der Waals surface area contributed by atoms with Gasteiger partial charge in [-0.2, -0.15) is 0 Å². The molecule has 1 aliphatic heterocycles. The summed E-state index contributed by atoms with van der Waals surface area (Å²) in [7, 11) is 0. The molecular weight excluding hydrogens is 238 g/mol. The minimum Gasteiger partial charge on any atom is -0.382 e. The fraction of sp³-hybridized carbons (Fsp3) is 0.400. The van der Waals surface area contributed by atoms with Gasteiger partial charge in [0.15, 0.2) is 0 Å². The van der Waals surface area contributed by atoms with Gasteiger partial charge in [0, 0.05) is 43.9 Å². The zero-order chi connectivity index (χ0) is 12.9. The number of imidazole rings is 1. The van der Waals surface area contributed by atoms with Crippen molar-refractivity contribution in [1.29, 1.82) is 0 Å². The first-order valence-electron chi connectivity index (χ1n) is 6.79. The van der Waals surface area contributed by atoms with E-state index in [0.717, 1.165) is 32.6 Å². The third kappa shape index (κ3) is 3.35. The van der Waals surface area contributed by atoms with Gasteiger partial charge in [0.05, 0.1) is 6.33 Å². The van der Waals surface area contributed by atoms with Crippen LogP contribution in [0.25, 0.3) is 0 Å².